The van der Waals surface area contributed by atoms with Crippen molar-refractivity contribution >= 4 is 11.8 Å². The van der Waals surface area contributed by atoms with Gasteiger partial charge in [-0.15, -0.1) is 0 Å². The fraction of sp³-hybridized carbons (Fsp3) is 0.273. The number of alkyl halides is 3. The van der Waals surface area contributed by atoms with Gasteiger partial charge in [0.1, 0.15) is 11.9 Å². The monoisotopic (exact) mass is 294 g/mol. The number of aliphatic hydroxyl groups is 1. The minimum absolute atomic E-state index is 0.335. The van der Waals surface area contributed by atoms with Crippen molar-refractivity contribution in [1.82, 2.24) is 5.32 Å². The summed E-state index contributed by atoms with van der Waals surface area (Å²) in [5, 5.41) is 10.9. The molecular weight excluding hydrogens is 284 g/mol. The van der Waals surface area contributed by atoms with Gasteiger partial charge in [0.2, 0.25) is 5.91 Å². The highest BCUT2D eigenvalue weighted by atomic mass is 19.4. The Balaban J connectivity index is 2.90. The molecule has 0 spiro atoms. The molecule has 0 saturated heterocycles. The smallest absolute Gasteiger partial charge is 0.381 e. The number of aliphatic hydroxyl groups excluding tert-OH is 1. The summed E-state index contributed by atoms with van der Waals surface area (Å²) in [7, 11) is 0. The first-order valence-electron chi connectivity index (χ1n) is 5.25. The number of amides is 2. The number of rotatable bonds is 4. The Kier molecular flexibility index (Phi) is 4.66. The number of primary amides is 1. The highest BCUT2D eigenvalue weighted by molar-refractivity contribution is 5.95. The molecule has 0 bridgehead atoms. The van der Waals surface area contributed by atoms with E-state index in [0.29, 0.717) is 18.2 Å². The number of halogens is 4. The van der Waals surface area contributed by atoms with Crippen LogP contribution in [0, 0.1) is 5.82 Å². The van der Waals surface area contributed by atoms with Gasteiger partial charge in [-0.2, -0.15) is 13.2 Å². The molecule has 0 saturated carbocycles. The van der Waals surface area contributed by atoms with E-state index in [4.69, 9.17) is 10.8 Å². The van der Waals surface area contributed by atoms with E-state index >= 15 is 0 Å². The summed E-state index contributed by atoms with van der Waals surface area (Å²) >= 11 is 0. The summed E-state index contributed by atoms with van der Waals surface area (Å²) in [6.45, 7) is -0.635. The topological polar surface area (TPSA) is 92.4 Å². The maximum atomic E-state index is 13.3. The molecule has 4 N–H and O–H groups in total. The largest absolute Gasteiger partial charge is 0.416 e. The number of hydrogen-bond donors (Lipinski definition) is 3. The third-order valence-corrected chi connectivity index (χ3v) is 2.32. The van der Waals surface area contributed by atoms with Crippen LogP contribution in [-0.2, 0) is 11.0 Å². The van der Waals surface area contributed by atoms with E-state index in [9.17, 15) is 27.2 Å². The molecule has 110 valence electrons. The first-order chi connectivity index (χ1) is 9.12. The standard InChI is InChI=1S/C11H10F4N2O3/c12-7-2-1-5(11(13,14)15)3-6(7)10(20)17-4-8(18)9(16)19/h1-3,8,18H,4H2,(H2,16,19)(H,17,20). The molecule has 1 aromatic carbocycles. The molecule has 20 heavy (non-hydrogen) atoms. The Labute approximate surface area is 110 Å². The Morgan fingerprint density at radius 2 is 1.95 bits per heavy atom. The molecule has 0 aliphatic heterocycles. The number of carbonyl (C=O) groups excluding carboxylic acids is 2. The van der Waals surface area contributed by atoms with Gasteiger partial charge in [0.15, 0.2) is 0 Å². The molecule has 1 rings (SSSR count). The lowest BCUT2D eigenvalue weighted by molar-refractivity contribution is -0.137. The number of nitrogens with one attached hydrogen (secondary N) is 1. The van der Waals surface area contributed by atoms with Crippen LogP contribution in [0.4, 0.5) is 17.6 Å². The third-order valence-electron chi connectivity index (χ3n) is 2.32. The lowest BCUT2D eigenvalue weighted by atomic mass is 10.1. The molecule has 1 unspecified atom stereocenters. The molecule has 9 heteroatoms. The summed E-state index contributed by atoms with van der Waals surface area (Å²) in [6, 6.07) is 1.33. The minimum Gasteiger partial charge on any atom is -0.381 e. The zero-order valence-electron chi connectivity index (χ0n) is 9.87. The van der Waals surface area contributed by atoms with Gasteiger partial charge in [-0.05, 0) is 18.2 Å². The Morgan fingerprint density at radius 3 is 2.45 bits per heavy atom. The van der Waals surface area contributed by atoms with E-state index in [-0.39, 0.29) is 0 Å². The Bertz CT molecular complexity index is 531. The quantitative estimate of drug-likeness (QED) is 0.703. The molecule has 0 aliphatic rings. The van der Waals surface area contributed by atoms with Crippen molar-refractivity contribution in [2.24, 2.45) is 5.73 Å². The molecule has 5 nitrogen and oxygen atoms in total. The van der Waals surface area contributed by atoms with Crippen LogP contribution in [-0.4, -0.2) is 29.6 Å². The molecular formula is C11H10F4N2O3. The highest BCUT2D eigenvalue weighted by Crippen LogP contribution is 2.30. The highest BCUT2D eigenvalue weighted by Gasteiger charge is 2.32. The molecule has 0 radical (unpaired) electrons. The van der Waals surface area contributed by atoms with Crippen LogP contribution in [0.3, 0.4) is 0 Å². The fourth-order valence-electron chi connectivity index (χ4n) is 1.26. The molecule has 0 aromatic heterocycles. The predicted molar refractivity (Wildman–Crippen MR) is 58.9 cm³/mol. The number of carbonyl (C=O) groups is 2. The summed E-state index contributed by atoms with van der Waals surface area (Å²) in [5.74, 6) is -3.49. The van der Waals surface area contributed by atoms with Gasteiger partial charge < -0.3 is 16.2 Å². The van der Waals surface area contributed by atoms with E-state index in [1.807, 2.05) is 5.32 Å². The van der Waals surface area contributed by atoms with Crippen molar-refractivity contribution in [2.75, 3.05) is 6.54 Å². The first-order valence-corrected chi connectivity index (χ1v) is 5.25. The normalized spacial score (nSPS) is 12.8. The fourth-order valence-corrected chi connectivity index (χ4v) is 1.26. The molecule has 0 fully saturated rings. The zero-order chi connectivity index (χ0) is 15.5. The van der Waals surface area contributed by atoms with Gasteiger partial charge >= 0.3 is 6.18 Å². The van der Waals surface area contributed by atoms with Crippen molar-refractivity contribution in [3.05, 3.63) is 35.1 Å². The van der Waals surface area contributed by atoms with Crippen LogP contribution in [0.1, 0.15) is 15.9 Å². The molecule has 2 amide bonds. The van der Waals surface area contributed by atoms with Crippen LogP contribution in [0.2, 0.25) is 0 Å². The molecule has 1 aromatic rings. The van der Waals surface area contributed by atoms with Crippen molar-refractivity contribution in [3.63, 3.8) is 0 Å². The van der Waals surface area contributed by atoms with Crippen LogP contribution in [0.5, 0.6) is 0 Å². The van der Waals surface area contributed by atoms with Crippen LogP contribution in [0.25, 0.3) is 0 Å². The number of benzene rings is 1. The lowest BCUT2D eigenvalue weighted by Crippen LogP contribution is -2.40. The minimum atomic E-state index is -4.73. The van der Waals surface area contributed by atoms with Crippen LogP contribution >= 0.6 is 0 Å². The SMILES string of the molecule is NC(=O)C(O)CNC(=O)c1cc(C(F)(F)F)ccc1F. The molecule has 0 aliphatic carbocycles. The van der Waals surface area contributed by atoms with Gasteiger partial charge in [-0.3, -0.25) is 9.59 Å². The van der Waals surface area contributed by atoms with E-state index in [2.05, 4.69) is 0 Å². The van der Waals surface area contributed by atoms with Gasteiger partial charge in [0.25, 0.3) is 5.91 Å². The maximum absolute atomic E-state index is 13.3. The van der Waals surface area contributed by atoms with E-state index in [0.717, 1.165) is 0 Å². The summed E-state index contributed by atoms with van der Waals surface area (Å²) < 4.78 is 50.6. The second-order valence-corrected chi connectivity index (χ2v) is 3.82. The Morgan fingerprint density at radius 1 is 1.35 bits per heavy atom. The van der Waals surface area contributed by atoms with Gasteiger partial charge in [-0.1, -0.05) is 0 Å². The lowest BCUT2D eigenvalue weighted by Gasteiger charge is -2.11. The number of hydrogen-bond acceptors (Lipinski definition) is 3. The molecule has 1 atom stereocenters. The van der Waals surface area contributed by atoms with E-state index < -0.39 is 47.6 Å². The van der Waals surface area contributed by atoms with Crippen LogP contribution in [0.15, 0.2) is 18.2 Å². The summed E-state index contributed by atoms with van der Waals surface area (Å²) in [6.07, 6.45) is -6.44. The second-order valence-electron chi connectivity index (χ2n) is 3.82. The Hall–Kier alpha value is -2.16. The third kappa shape index (κ3) is 3.92. The van der Waals surface area contributed by atoms with Crippen molar-refractivity contribution in [1.29, 1.82) is 0 Å². The average molecular weight is 294 g/mol. The van der Waals surface area contributed by atoms with E-state index in [1.54, 1.807) is 0 Å². The predicted octanol–water partition coefficient (Wildman–Crippen LogP) is 0.420. The summed E-state index contributed by atoms with van der Waals surface area (Å²) in [5.41, 5.74) is 2.66. The van der Waals surface area contributed by atoms with Crippen molar-refractivity contribution in [2.45, 2.75) is 12.3 Å². The van der Waals surface area contributed by atoms with Gasteiger partial charge in [-0.25, -0.2) is 4.39 Å². The number of nitrogens with two attached hydrogens (primary N) is 1. The van der Waals surface area contributed by atoms with Crippen molar-refractivity contribution < 1.29 is 32.3 Å². The maximum Gasteiger partial charge on any atom is 0.416 e. The first kappa shape index (κ1) is 15.9. The van der Waals surface area contributed by atoms with Crippen molar-refractivity contribution in [3.8, 4) is 0 Å². The molecule has 0 heterocycles. The van der Waals surface area contributed by atoms with Gasteiger partial charge in [0.05, 0.1) is 17.7 Å². The zero-order valence-corrected chi connectivity index (χ0v) is 9.87. The summed E-state index contributed by atoms with van der Waals surface area (Å²) in [4.78, 5) is 22.0. The average Bonchev–Trinajstić information content (AvgIpc) is 2.34. The van der Waals surface area contributed by atoms with E-state index in [1.165, 1.54) is 0 Å². The van der Waals surface area contributed by atoms with Crippen LogP contribution < -0.4 is 11.1 Å². The second kappa shape index (κ2) is 5.87. The van der Waals surface area contributed by atoms with Gasteiger partial charge in [0, 0.05) is 0 Å².